The van der Waals surface area contributed by atoms with Gasteiger partial charge in [0.15, 0.2) is 5.76 Å². The summed E-state index contributed by atoms with van der Waals surface area (Å²) in [6, 6.07) is 18.4. The molecule has 2 atom stereocenters. The molecule has 0 spiro atoms. The Kier molecular flexibility index (Phi) is 8.94. The lowest BCUT2D eigenvalue weighted by molar-refractivity contribution is -0.133. The molecule has 2 unspecified atom stereocenters. The molecule has 2 heterocycles. The van der Waals surface area contributed by atoms with Crippen molar-refractivity contribution in [2.24, 2.45) is 11.8 Å². The summed E-state index contributed by atoms with van der Waals surface area (Å²) in [5.41, 5.74) is 2.69. The minimum Gasteiger partial charge on any atom is -0.457 e. The average molecular weight is 546 g/mol. The molecule has 0 aliphatic carbocycles. The second kappa shape index (κ2) is 12.2. The third kappa shape index (κ3) is 6.20. The summed E-state index contributed by atoms with van der Waals surface area (Å²) >= 11 is 0. The van der Waals surface area contributed by atoms with Crippen LogP contribution >= 0.6 is 0 Å². The molecule has 1 N–H and O–H groups in total. The number of benzene rings is 2. The zero-order chi connectivity index (χ0) is 29.0. The van der Waals surface area contributed by atoms with E-state index in [2.05, 4.69) is 0 Å². The number of ether oxygens (including phenoxy) is 1. The van der Waals surface area contributed by atoms with Crippen molar-refractivity contribution in [2.75, 3.05) is 6.61 Å². The topological polar surface area (TPSA) is 97.1 Å². The van der Waals surface area contributed by atoms with Gasteiger partial charge in [-0.2, -0.15) is 0 Å². The van der Waals surface area contributed by atoms with Gasteiger partial charge in [0.05, 0.1) is 6.04 Å². The van der Waals surface area contributed by atoms with Crippen LogP contribution in [0.4, 0.5) is 4.79 Å². The van der Waals surface area contributed by atoms with E-state index in [1.54, 1.807) is 19.9 Å². The lowest BCUT2D eigenvalue weighted by Gasteiger charge is -2.32. The van der Waals surface area contributed by atoms with Gasteiger partial charge in [-0.3, -0.25) is 9.59 Å². The smallest absolute Gasteiger partial charge is 0.417 e. The van der Waals surface area contributed by atoms with Crippen molar-refractivity contribution in [1.29, 1.82) is 0 Å². The van der Waals surface area contributed by atoms with Gasteiger partial charge in [-0.05, 0) is 63.1 Å². The third-order valence-electron chi connectivity index (χ3n) is 7.50. The number of rotatable bonds is 11. The van der Waals surface area contributed by atoms with Crippen LogP contribution in [0.1, 0.15) is 68.0 Å². The lowest BCUT2D eigenvalue weighted by Crippen LogP contribution is -2.51. The standard InChI is InChI=1S/C33H39NO6/c1-21(2)30-33(4,5)40-32(38)34(30)31(37)26(19-23-13-7-6-8-14-23)29(36)28-20-25(24-15-11-12-22(3)18-24)27(39-28)16-9-10-17-35/h6-8,11-15,18,20-21,26,30,35H,9-10,16-17,19H2,1-5H3. The highest BCUT2D eigenvalue weighted by Crippen LogP contribution is 2.37. The van der Waals surface area contributed by atoms with Crippen LogP contribution < -0.4 is 0 Å². The van der Waals surface area contributed by atoms with E-state index in [0.29, 0.717) is 25.0 Å². The van der Waals surface area contributed by atoms with E-state index in [1.807, 2.05) is 75.4 Å². The summed E-state index contributed by atoms with van der Waals surface area (Å²) in [5, 5.41) is 9.29. The van der Waals surface area contributed by atoms with E-state index in [1.165, 1.54) is 0 Å². The minimum absolute atomic E-state index is 0.0687. The van der Waals surface area contributed by atoms with Crippen LogP contribution in [0, 0.1) is 18.8 Å². The summed E-state index contributed by atoms with van der Waals surface area (Å²) in [6.45, 7) is 9.51. The highest BCUT2D eigenvalue weighted by Gasteiger charge is 2.53. The van der Waals surface area contributed by atoms with Gasteiger partial charge >= 0.3 is 6.09 Å². The van der Waals surface area contributed by atoms with E-state index >= 15 is 0 Å². The SMILES string of the molecule is Cc1cccc(-c2cc(C(=O)C(Cc3ccccc3)C(=O)N3C(=O)OC(C)(C)C3C(C)C)oc2CCCCO)c1. The Balaban J connectivity index is 1.76. The van der Waals surface area contributed by atoms with Crippen molar-refractivity contribution < 1.29 is 28.6 Å². The molecule has 1 aliphatic heterocycles. The number of nitrogens with zero attached hydrogens (tertiary/aromatic N) is 1. The number of furan rings is 1. The second-order valence-electron chi connectivity index (χ2n) is 11.5. The maximum atomic E-state index is 14.2. The molecule has 1 aromatic heterocycles. The maximum absolute atomic E-state index is 14.2. The van der Waals surface area contributed by atoms with Crippen molar-refractivity contribution in [1.82, 2.24) is 4.90 Å². The number of Topliss-reactive ketones (excluding diaryl/α,β-unsaturated/α-hetero) is 1. The van der Waals surface area contributed by atoms with Crippen LogP contribution in [0.25, 0.3) is 11.1 Å². The van der Waals surface area contributed by atoms with Gasteiger partial charge in [0.1, 0.15) is 17.3 Å². The van der Waals surface area contributed by atoms with Crippen LogP contribution in [0.15, 0.2) is 65.1 Å². The van der Waals surface area contributed by atoms with Crippen LogP contribution in [0.5, 0.6) is 0 Å². The number of imide groups is 1. The molecule has 4 rings (SSSR count). The van der Waals surface area contributed by atoms with Crippen molar-refractivity contribution in [3.63, 3.8) is 0 Å². The largest absolute Gasteiger partial charge is 0.457 e. The lowest BCUT2D eigenvalue weighted by atomic mass is 9.86. The number of aliphatic hydroxyl groups is 1. The van der Waals surface area contributed by atoms with E-state index < -0.39 is 35.3 Å². The highest BCUT2D eigenvalue weighted by atomic mass is 16.6. The molecule has 7 nitrogen and oxygen atoms in total. The molecule has 7 heteroatoms. The number of aliphatic hydroxyl groups excluding tert-OH is 1. The zero-order valence-electron chi connectivity index (χ0n) is 24.0. The predicted octanol–water partition coefficient (Wildman–Crippen LogP) is 6.39. The number of carbonyl (C=O) groups excluding carboxylic acids is 3. The number of hydrogen-bond acceptors (Lipinski definition) is 6. The van der Waals surface area contributed by atoms with E-state index in [9.17, 15) is 19.5 Å². The molecule has 1 fully saturated rings. The first-order valence-corrected chi connectivity index (χ1v) is 14.0. The van der Waals surface area contributed by atoms with Crippen molar-refractivity contribution in [2.45, 2.75) is 71.9 Å². The van der Waals surface area contributed by atoms with Crippen LogP contribution in [0.2, 0.25) is 0 Å². The number of hydrogen-bond donors (Lipinski definition) is 1. The minimum atomic E-state index is -1.17. The summed E-state index contributed by atoms with van der Waals surface area (Å²) in [7, 11) is 0. The van der Waals surface area contributed by atoms with Gasteiger partial charge in [0, 0.05) is 18.6 Å². The predicted molar refractivity (Wildman–Crippen MR) is 153 cm³/mol. The Labute approximate surface area is 236 Å². The fourth-order valence-corrected chi connectivity index (χ4v) is 5.76. The summed E-state index contributed by atoms with van der Waals surface area (Å²) in [5.74, 6) is -1.60. The van der Waals surface area contributed by atoms with Gasteiger partial charge in [-0.1, -0.05) is 74.0 Å². The molecule has 2 amide bonds. The number of unbranched alkanes of at least 4 members (excludes halogenated alkanes) is 1. The first-order chi connectivity index (χ1) is 19.0. The normalized spacial score (nSPS) is 17.2. The molecule has 3 aromatic rings. The monoisotopic (exact) mass is 545 g/mol. The third-order valence-corrected chi connectivity index (χ3v) is 7.50. The first kappa shape index (κ1) is 29.3. The Bertz CT molecular complexity index is 1360. The van der Waals surface area contributed by atoms with Crippen molar-refractivity contribution >= 4 is 17.8 Å². The zero-order valence-corrected chi connectivity index (χ0v) is 24.0. The first-order valence-electron chi connectivity index (χ1n) is 14.0. The summed E-state index contributed by atoms with van der Waals surface area (Å²) in [4.78, 5) is 42.4. The summed E-state index contributed by atoms with van der Waals surface area (Å²) < 4.78 is 11.8. The molecule has 0 bridgehead atoms. The molecule has 2 aromatic carbocycles. The molecular formula is C33H39NO6. The molecule has 0 radical (unpaired) electrons. The summed E-state index contributed by atoms with van der Waals surface area (Å²) in [6.07, 6.45) is 1.22. The van der Waals surface area contributed by atoms with Crippen LogP contribution in [-0.2, 0) is 22.4 Å². The number of ketones is 1. The molecule has 40 heavy (non-hydrogen) atoms. The molecular weight excluding hydrogens is 506 g/mol. The Morgan fingerprint density at radius 3 is 2.40 bits per heavy atom. The number of carbonyl (C=O) groups is 3. The van der Waals surface area contributed by atoms with E-state index in [-0.39, 0.29) is 24.7 Å². The van der Waals surface area contributed by atoms with Gasteiger partial charge < -0.3 is 14.3 Å². The van der Waals surface area contributed by atoms with Crippen LogP contribution in [-0.4, -0.2) is 46.0 Å². The van der Waals surface area contributed by atoms with E-state index in [0.717, 1.165) is 27.2 Å². The second-order valence-corrected chi connectivity index (χ2v) is 11.5. The molecule has 1 aliphatic rings. The van der Waals surface area contributed by atoms with Crippen molar-refractivity contribution in [3.8, 4) is 11.1 Å². The van der Waals surface area contributed by atoms with Gasteiger partial charge in [-0.25, -0.2) is 9.69 Å². The van der Waals surface area contributed by atoms with Gasteiger partial charge in [0.25, 0.3) is 0 Å². The number of amides is 2. The van der Waals surface area contributed by atoms with Crippen LogP contribution in [0.3, 0.4) is 0 Å². The van der Waals surface area contributed by atoms with Crippen molar-refractivity contribution in [3.05, 3.63) is 83.3 Å². The Morgan fingerprint density at radius 1 is 1.02 bits per heavy atom. The molecule has 212 valence electrons. The fourth-order valence-electron chi connectivity index (χ4n) is 5.76. The Morgan fingerprint density at radius 2 is 1.75 bits per heavy atom. The Hall–Kier alpha value is -3.71. The molecule has 1 saturated heterocycles. The quantitative estimate of drug-likeness (QED) is 0.170. The number of cyclic esters (lactones) is 1. The highest BCUT2D eigenvalue weighted by molar-refractivity contribution is 6.12. The maximum Gasteiger partial charge on any atom is 0.417 e. The van der Waals surface area contributed by atoms with E-state index in [4.69, 9.17) is 9.15 Å². The van der Waals surface area contributed by atoms with Gasteiger partial charge in [-0.15, -0.1) is 0 Å². The fraction of sp³-hybridized carbons (Fsp3) is 0.424. The number of aryl methyl sites for hydroxylation is 2. The average Bonchev–Trinajstić information content (AvgIpc) is 3.44. The molecule has 0 saturated carbocycles. The van der Waals surface area contributed by atoms with Gasteiger partial charge in [0.2, 0.25) is 11.7 Å².